The molecule has 0 unspecified atom stereocenters. The number of benzene rings is 1. The predicted molar refractivity (Wildman–Crippen MR) is 112 cm³/mol. The molecule has 1 aromatic carbocycles. The molecule has 7 heteroatoms. The van der Waals surface area contributed by atoms with Gasteiger partial charge in [0, 0.05) is 30.8 Å². The molecule has 0 radical (unpaired) electrons. The van der Waals surface area contributed by atoms with Gasteiger partial charge in [-0.1, -0.05) is 20.8 Å². The van der Waals surface area contributed by atoms with Gasteiger partial charge in [-0.2, -0.15) is 0 Å². The topological polar surface area (TPSA) is 67.8 Å². The quantitative estimate of drug-likeness (QED) is 0.411. The van der Waals surface area contributed by atoms with E-state index in [0.29, 0.717) is 13.2 Å². The summed E-state index contributed by atoms with van der Waals surface area (Å²) in [5, 5.41) is 9.86. The van der Waals surface area contributed by atoms with Crippen molar-refractivity contribution in [2.24, 2.45) is 4.99 Å². The second-order valence-electron chi connectivity index (χ2n) is 7.08. The lowest BCUT2D eigenvalue weighted by atomic mass is 9.93. The number of nitrogens with zero attached hydrogens (tertiary/aromatic N) is 2. The van der Waals surface area contributed by atoms with Crippen LogP contribution in [0.4, 0.5) is 0 Å². The van der Waals surface area contributed by atoms with Gasteiger partial charge in [-0.3, -0.25) is 4.99 Å². The van der Waals surface area contributed by atoms with Crippen LogP contribution in [0.1, 0.15) is 31.5 Å². The zero-order valence-electron chi connectivity index (χ0n) is 16.8. The number of thiazole rings is 1. The van der Waals surface area contributed by atoms with Crippen molar-refractivity contribution in [3.63, 3.8) is 0 Å². The lowest BCUT2D eigenvalue weighted by Crippen LogP contribution is -2.40. The van der Waals surface area contributed by atoms with Crippen LogP contribution in [0.25, 0.3) is 0 Å². The van der Waals surface area contributed by atoms with Gasteiger partial charge in [-0.15, -0.1) is 11.3 Å². The van der Waals surface area contributed by atoms with Crippen molar-refractivity contribution < 1.29 is 9.47 Å². The molecule has 0 spiro atoms. The summed E-state index contributed by atoms with van der Waals surface area (Å²) in [4.78, 5) is 8.95. The third-order valence-corrected chi connectivity index (χ3v) is 4.81. The number of hydrogen-bond donors (Lipinski definition) is 2. The molecule has 148 valence electrons. The number of guanidine groups is 1. The molecule has 27 heavy (non-hydrogen) atoms. The Morgan fingerprint density at radius 1 is 1.11 bits per heavy atom. The van der Waals surface area contributed by atoms with Crippen LogP contribution in [0, 0.1) is 0 Å². The van der Waals surface area contributed by atoms with Crippen LogP contribution in [0.2, 0.25) is 0 Å². The highest BCUT2D eigenvalue weighted by molar-refractivity contribution is 7.09. The van der Waals surface area contributed by atoms with Crippen LogP contribution >= 0.6 is 11.3 Å². The maximum Gasteiger partial charge on any atom is 0.191 e. The largest absolute Gasteiger partial charge is 0.497 e. The number of ether oxygens (including phenoxy) is 2. The third kappa shape index (κ3) is 7.09. The second kappa shape index (κ2) is 10.2. The van der Waals surface area contributed by atoms with E-state index in [-0.39, 0.29) is 5.41 Å². The Morgan fingerprint density at radius 2 is 1.78 bits per heavy atom. The summed E-state index contributed by atoms with van der Waals surface area (Å²) in [5.41, 5.74) is 1.25. The Labute approximate surface area is 166 Å². The van der Waals surface area contributed by atoms with Crippen molar-refractivity contribution in [1.82, 2.24) is 15.6 Å². The monoisotopic (exact) mass is 390 g/mol. The van der Waals surface area contributed by atoms with Gasteiger partial charge in [0.05, 0.1) is 24.4 Å². The molecule has 0 saturated heterocycles. The highest BCUT2D eigenvalue weighted by Crippen LogP contribution is 2.23. The van der Waals surface area contributed by atoms with Gasteiger partial charge in [0.15, 0.2) is 5.96 Å². The molecule has 0 saturated carbocycles. The maximum absolute atomic E-state index is 5.70. The van der Waals surface area contributed by atoms with Crippen LogP contribution in [0.5, 0.6) is 11.5 Å². The maximum atomic E-state index is 5.70. The molecule has 0 amide bonds. The average molecular weight is 391 g/mol. The van der Waals surface area contributed by atoms with E-state index in [4.69, 9.17) is 14.5 Å². The van der Waals surface area contributed by atoms with Gasteiger partial charge in [-0.05, 0) is 24.3 Å². The first-order chi connectivity index (χ1) is 12.9. The molecule has 6 nitrogen and oxygen atoms in total. The summed E-state index contributed by atoms with van der Waals surface area (Å²) < 4.78 is 10.8. The van der Waals surface area contributed by atoms with Gasteiger partial charge in [0.1, 0.15) is 18.1 Å². The molecule has 0 aliphatic rings. The van der Waals surface area contributed by atoms with Crippen LogP contribution in [-0.2, 0) is 11.8 Å². The SMILES string of the molecule is CN=C(NCCOc1ccc(OC)cc1)NCCc1nc(C(C)(C)C)cs1. The standard InChI is InChI=1S/C20H30N4O2S/c1-20(2,3)17-14-27-18(24-17)10-11-22-19(21-4)23-12-13-26-16-8-6-15(25-5)7-9-16/h6-9,14H,10-13H2,1-5H3,(H2,21,22,23). The van der Waals surface area contributed by atoms with E-state index in [1.54, 1.807) is 25.5 Å². The van der Waals surface area contributed by atoms with E-state index in [2.05, 4.69) is 41.8 Å². The highest BCUT2D eigenvalue weighted by atomic mass is 32.1. The van der Waals surface area contributed by atoms with Crippen LogP contribution < -0.4 is 20.1 Å². The average Bonchev–Trinajstić information content (AvgIpc) is 3.13. The second-order valence-corrected chi connectivity index (χ2v) is 8.02. The van der Waals surface area contributed by atoms with Gasteiger partial charge in [0.2, 0.25) is 0 Å². The van der Waals surface area contributed by atoms with Crippen molar-refractivity contribution in [2.75, 3.05) is 33.9 Å². The van der Waals surface area contributed by atoms with E-state index in [1.165, 1.54) is 0 Å². The lowest BCUT2D eigenvalue weighted by molar-refractivity contribution is 0.321. The summed E-state index contributed by atoms with van der Waals surface area (Å²) in [6, 6.07) is 7.55. The number of hydrogen-bond acceptors (Lipinski definition) is 5. The first-order valence-electron chi connectivity index (χ1n) is 9.08. The molecular weight excluding hydrogens is 360 g/mol. The molecule has 0 atom stereocenters. The summed E-state index contributed by atoms with van der Waals surface area (Å²) in [7, 11) is 3.41. The van der Waals surface area contributed by atoms with Crippen molar-refractivity contribution in [1.29, 1.82) is 0 Å². The summed E-state index contributed by atoms with van der Waals surface area (Å²) in [5.74, 6) is 2.40. The Kier molecular flexibility index (Phi) is 7.91. The molecule has 2 rings (SSSR count). The van der Waals surface area contributed by atoms with Crippen molar-refractivity contribution >= 4 is 17.3 Å². The number of nitrogens with one attached hydrogen (secondary N) is 2. The molecule has 0 fully saturated rings. The van der Waals surface area contributed by atoms with E-state index >= 15 is 0 Å². The molecule has 0 bridgehead atoms. The van der Waals surface area contributed by atoms with Gasteiger partial charge in [-0.25, -0.2) is 4.98 Å². The third-order valence-electron chi connectivity index (χ3n) is 3.90. The minimum Gasteiger partial charge on any atom is -0.497 e. The molecule has 2 N–H and O–H groups in total. The van der Waals surface area contributed by atoms with Crippen LogP contribution in [0.3, 0.4) is 0 Å². The number of methoxy groups -OCH3 is 1. The first kappa shape index (κ1) is 21.0. The fraction of sp³-hybridized carbons (Fsp3) is 0.500. The first-order valence-corrected chi connectivity index (χ1v) is 9.96. The number of aromatic nitrogens is 1. The van der Waals surface area contributed by atoms with E-state index in [9.17, 15) is 0 Å². The van der Waals surface area contributed by atoms with Crippen molar-refractivity contribution in [3.05, 3.63) is 40.3 Å². The Balaban J connectivity index is 1.66. The molecule has 0 aliphatic heterocycles. The number of rotatable bonds is 8. The Bertz CT molecular complexity index is 720. The molecular formula is C20H30N4O2S. The van der Waals surface area contributed by atoms with Crippen molar-refractivity contribution in [2.45, 2.75) is 32.6 Å². The molecule has 0 aliphatic carbocycles. The normalized spacial score (nSPS) is 12.0. The Hall–Kier alpha value is -2.28. The Morgan fingerprint density at radius 3 is 2.37 bits per heavy atom. The summed E-state index contributed by atoms with van der Waals surface area (Å²) in [6.07, 6.45) is 0.879. The minimum atomic E-state index is 0.101. The fourth-order valence-electron chi connectivity index (χ4n) is 2.29. The molecule has 2 aromatic rings. The zero-order chi connectivity index (χ0) is 19.7. The van der Waals surface area contributed by atoms with Crippen LogP contribution in [-0.4, -0.2) is 44.8 Å². The fourth-order valence-corrected chi connectivity index (χ4v) is 3.31. The van der Waals surface area contributed by atoms with Gasteiger partial charge < -0.3 is 20.1 Å². The van der Waals surface area contributed by atoms with E-state index < -0.39 is 0 Å². The van der Waals surface area contributed by atoms with E-state index in [1.807, 2.05) is 24.3 Å². The van der Waals surface area contributed by atoms with Gasteiger partial charge in [0.25, 0.3) is 0 Å². The minimum absolute atomic E-state index is 0.101. The zero-order valence-corrected chi connectivity index (χ0v) is 17.7. The smallest absolute Gasteiger partial charge is 0.191 e. The van der Waals surface area contributed by atoms with Gasteiger partial charge >= 0.3 is 0 Å². The highest BCUT2D eigenvalue weighted by Gasteiger charge is 2.17. The summed E-state index contributed by atoms with van der Waals surface area (Å²) in [6.45, 7) is 8.55. The summed E-state index contributed by atoms with van der Waals surface area (Å²) >= 11 is 1.72. The molecule has 1 aromatic heterocycles. The van der Waals surface area contributed by atoms with Crippen LogP contribution in [0.15, 0.2) is 34.6 Å². The van der Waals surface area contributed by atoms with E-state index in [0.717, 1.165) is 41.1 Å². The van der Waals surface area contributed by atoms with Crippen molar-refractivity contribution in [3.8, 4) is 11.5 Å². The lowest BCUT2D eigenvalue weighted by Gasteiger charge is -2.14. The number of aliphatic imine (C=N–C) groups is 1. The predicted octanol–water partition coefficient (Wildman–Crippen LogP) is 3.24. The molecule has 1 heterocycles.